The van der Waals surface area contributed by atoms with Crippen molar-refractivity contribution in [1.29, 1.82) is 0 Å². The summed E-state index contributed by atoms with van der Waals surface area (Å²) in [4.78, 5) is 13.6. The number of aromatic amines is 1. The molecular weight excluding hydrogens is 394 g/mol. The summed E-state index contributed by atoms with van der Waals surface area (Å²) >= 11 is 0. The molecule has 2 heterocycles. The summed E-state index contributed by atoms with van der Waals surface area (Å²) in [6.07, 6.45) is 12.0. The van der Waals surface area contributed by atoms with Crippen LogP contribution in [0.25, 0.3) is 11.0 Å². The van der Waals surface area contributed by atoms with Crippen molar-refractivity contribution >= 4 is 11.0 Å². The summed E-state index contributed by atoms with van der Waals surface area (Å²) in [7, 11) is 0. The van der Waals surface area contributed by atoms with Gasteiger partial charge in [0.15, 0.2) is 5.82 Å². The van der Waals surface area contributed by atoms with Gasteiger partial charge in [0, 0.05) is 31.5 Å². The van der Waals surface area contributed by atoms with Crippen LogP contribution in [0.4, 0.5) is 0 Å². The molecule has 1 fully saturated rings. The highest BCUT2D eigenvalue weighted by Gasteiger charge is 2.54. The van der Waals surface area contributed by atoms with Crippen molar-refractivity contribution in [1.82, 2.24) is 15.0 Å². The largest absolute Gasteiger partial charge is 0.337 e. The van der Waals surface area contributed by atoms with Gasteiger partial charge in [-0.3, -0.25) is 4.98 Å². The van der Waals surface area contributed by atoms with Crippen LogP contribution < -0.4 is 5.73 Å². The Balaban J connectivity index is 1.65. The van der Waals surface area contributed by atoms with Gasteiger partial charge in [0.25, 0.3) is 0 Å². The zero-order valence-corrected chi connectivity index (χ0v) is 19.3. The molecule has 1 saturated carbocycles. The van der Waals surface area contributed by atoms with E-state index in [1.165, 1.54) is 17.7 Å². The number of nitrogens with zero attached hydrogens (tertiary/aromatic N) is 3. The van der Waals surface area contributed by atoms with Crippen LogP contribution >= 0.6 is 0 Å². The number of para-hydroxylation sites is 2. The Kier molecular flexibility index (Phi) is 5.64. The topological polar surface area (TPSA) is 67.6 Å². The number of H-pyrrole nitrogens is 1. The van der Waals surface area contributed by atoms with Crippen LogP contribution in [0, 0.1) is 0 Å². The first kappa shape index (κ1) is 21.4. The second kappa shape index (κ2) is 8.45. The molecule has 2 aliphatic rings. The second-order valence-corrected chi connectivity index (χ2v) is 10.2. The molecular formula is C27H36N5+. The Morgan fingerprint density at radius 2 is 2.00 bits per heavy atom. The average Bonchev–Trinajstić information content (AvgIpc) is 3.22. The van der Waals surface area contributed by atoms with Crippen molar-refractivity contribution in [2.75, 3.05) is 6.54 Å². The van der Waals surface area contributed by atoms with Crippen LogP contribution in [0.15, 0.2) is 55.3 Å². The highest BCUT2D eigenvalue weighted by atomic mass is 15.4. The van der Waals surface area contributed by atoms with Gasteiger partial charge in [-0.1, -0.05) is 24.8 Å². The van der Waals surface area contributed by atoms with Crippen molar-refractivity contribution in [3.8, 4) is 0 Å². The van der Waals surface area contributed by atoms with E-state index in [9.17, 15) is 0 Å². The summed E-state index contributed by atoms with van der Waals surface area (Å²) in [5.41, 5.74) is 11.3. The van der Waals surface area contributed by atoms with Crippen LogP contribution in [0.5, 0.6) is 0 Å². The zero-order chi connectivity index (χ0) is 22.2. The number of hydrogen-bond acceptors (Lipinski definition) is 3. The molecule has 1 aromatic carbocycles. The van der Waals surface area contributed by atoms with Crippen LogP contribution in [0.1, 0.15) is 68.6 Å². The number of rotatable bonds is 6. The number of fused-ring (bicyclic) bond motifs is 2. The van der Waals surface area contributed by atoms with Gasteiger partial charge in [-0.2, -0.15) is 0 Å². The van der Waals surface area contributed by atoms with Crippen molar-refractivity contribution < 1.29 is 4.48 Å². The zero-order valence-electron chi connectivity index (χ0n) is 19.3. The van der Waals surface area contributed by atoms with E-state index < -0.39 is 0 Å². The van der Waals surface area contributed by atoms with Gasteiger partial charge >= 0.3 is 0 Å². The van der Waals surface area contributed by atoms with E-state index in [4.69, 9.17) is 15.7 Å². The Labute approximate surface area is 191 Å². The van der Waals surface area contributed by atoms with Crippen LogP contribution in [0.2, 0.25) is 0 Å². The van der Waals surface area contributed by atoms with Crippen molar-refractivity contribution in [3.05, 3.63) is 72.3 Å². The normalized spacial score (nSPS) is 27.6. The highest BCUT2D eigenvalue weighted by molar-refractivity contribution is 5.74. The van der Waals surface area contributed by atoms with E-state index in [1.807, 2.05) is 6.20 Å². The molecule has 5 nitrogen and oxygen atoms in total. The fourth-order valence-electron chi connectivity index (χ4n) is 6.44. The molecule has 3 N–H and O–H groups in total. The van der Waals surface area contributed by atoms with Gasteiger partial charge < -0.3 is 15.2 Å². The van der Waals surface area contributed by atoms with Gasteiger partial charge in [0.1, 0.15) is 18.3 Å². The maximum absolute atomic E-state index is 6.37. The molecule has 0 aliphatic heterocycles. The monoisotopic (exact) mass is 430 g/mol. The molecule has 5 rings (SSSR count). The number of nitrogens with one attached hydrogen (secondary N) is 1. The van der Waals surface area contributed by atoms with Crippen LogP contribution in [0.3, 0.4) is 0 Å². The number of aromatic nitrogens is 3. The third-order valence-corrected chi connectivity index (χ3v) is 8.27. The lowest BCUT2D eigenvalue weighted by Crippen LogP contribution is -2.66. The van der Waals surface area contributed by atoms with Crippen LogP contribution in [-0.2, 0) is 13.0 Å². The molecule has 0 radical (unpaired) electrons. The van der Waals surface area contributed by atoms with E-state index in [2.05, 4.69) is 61.0 Å². The molecule has 2 atom stereocenters. The predicted molar refractivity (Wildman–Crippen MR) is 130 cm³/mol. The molecule has 3 aromatic rings. The first-order valence-electron chi connectivity index (χ1n) is 12.2. The van der Waals surface area contributed by atoms with Gasteiger partial charge in [-0.05, 0) is 62.4 Å². The number of benzene rings is 1. The third kappa shape index (κ3) is 3.57. The molecule has 5 heteroatoms. The summed E-state index contributed by atoms with van der Waals surface area (Å²) in [5, 5.41) is 0. The lowest BCUT2D eigenvalue weighted by molar-refractivity contribution is -1.01. The maximum atomic E-state index is 6.37. The van der Waals surface area contributed by atoms with Gasteiger partial charge in [0.05, 0.1) is 23.1 Å². The first-order chi connectivity index (χ1) is 15.5. The molecule has 2 aliphatic carbocycles. The Morgan fingerprint density at radius 1 is 1.19 bits per heavy atom. The Hall–Kier alpha value is -2.50. The molecule has 0 amide bonds. The van der Waals surface area contributed by atoms with Crippen LogP contribution in [-0.4, -0.2) is 37.6 Å². The van der Waals surface area contributed by atoms with E-state index in [-0.39, 0.29) is 5.54 Å². The molecule has 0 bridgehead atoms. The van der Waals surface area contributed by atoms with Gasteiger partial charge in [-0.15, -0.1) is 0 Å². The fraction of sp³-hybridized carbons (Fsp3) is 0.481. The minimum atomic E-state index is 0.0971. The number of hydrogen-bond donors (Lipinski definition) is 2. The highest BCUT2D eigenvalue weighted by Crippen LogP contribution is 2.49. The average molecular weight is 431 g/mol. The SMILES string of the molecule is C=CC[N+](Cc1nc2ccccc2[nH]1)(C1CCCc2cccnc21)C1(C)CCC(N)CC1. The van der Waals surface area contributed by atoms with Crippen molar-refractivity contribution in [2.24, 2.45) is 5.73 Å². The van der Waals surface area contributed by atoms with Crippen molar-refractivity contribution in [3.63, 3.8) is 0 Å². The Bertz CT molecular complexity index is 1060. The van der Waals surface area contributed by atoms with Gasteiger partial charge in [0.2, 0.25) is 0 Å². The van der Waals surface area contributed by atoms with E-state index >= 15 is 0 Å². The molecule has 0 saturated heterocycles. The second-order valence-electron chi connectivity index (χ2n) is 10.2. The smallest absolute Gasteiger partial charge is 0.162 e. The molecule has 168 valence electrons. The Morgan fingerprint density at radius 3 is 2.78 bits per heavy atom. The molecule has 2 aromatic heterocycles. The lowest BCUT2D eigenvalue weighted by Gasteiger charge is -2.58. The van der Waals surface area contributed by atoms with Crippen molar-refractivity contribution in [2.45, 2.75) is 76.0 Å². The fourth-order valence-corrected chi connectivity index (χ4v) is 6.44. The summed E-state index contributed by atoms with van der Waals surface area (Å²) in [6, 6.07) is 13.4. The number of imidazole rings is 1. The number of aryl methyl sites for hydroxylation is 1. The number of pyridine rings is 1. The minimum absolute atomic E-state index is 0.0971. The van der Waals surface area contributed by atoms with E-state index in [0.29, 0.717) is 12.1 Å². The van der Waals surface area contributed by atoms with Gasteiger partial charge in [-0.25, -0.2) is 4.98 Å². The predicted octanol–water partition coefficient (Wildman–Crippen LogP) is 5.20. The summed E-state index contributed by atoms with van der Waals surface area (Å²) < 4.78 is 0.924. The third-order valence-electron chi connectivity index (χ3n) is 8.27. The number of nitrogens with two attached hydrogens (primary N) is 1. The molecule has 2 unspecified atom stereocenters. The first-order valence-corrected chi connectivity index (χ1v) is 12.2. The van der Waals surface area contributed by atoms with E-state index in [1.54, 1.807) is 0 Å². The maximum Gasteiger partial charge on any atom is 0.162 e. The van der Waals surface area contributed by atoms with E-state index in [0.717, 1.165) is 73.0 Å². The summed E-state index contributed by atoms with van der Waals surface area (Å²) in [6.45, 7) is 8.48. The quantitative estimate of drug-likeness (QED) is 0.417. The lowest BCUT2D eigenvalue weighted by atomic mass is 9.74. The minimum Gasteiger partial charge on any atom is -0.337 e. The molecule has 0 spiro atoms. The standard InChI is InChI=1S/C27H36N5/c1-3-18-32(27(2)15-13-21(28)14-16-27,19-25-30-22-10-4-5-11-23(22)31-25)24-12-6-8-20-9-7-17-29-26(20)24/h3-5,7,9-11,17,21,24H,1,6,8,12-16,18-19,28H2,2H3,(H,30,31)/q+1. The molecule has 32 heavy (non-hydrogen) atoms. The number of quaternary nitrogens is 1. The summed E-state index contributed by atoms with van der Waals surface area (Å²) in [5.74, 6) is 1.06.